The average Bonchev–Trinajstić information content (AvgIpc) is 2.23. The van der Waals surface area contributed by atoms with Crippen LogP contribution in [0.3, 0.4) is 0 Å². The van der Waals surface area contributed by atoms with E-state index in [2.05, 4.69) is 4.74 Å². The van der Waals surface area contributed by atoms with E-state index in [0.717, 1.165) is 7.11 Å². The summed E-state index contributed by atoms with van der Waals surface area (Å²) in [6.45, 7) is 1.53. The first-order chi connectivity index (χ1) is 7.47. The Kier molecular flexibility index (Phi) is 6.28. The van der Waals surface area contributed by atoms with E-state index in [1.54, 1.807) is 0 Å². The topological polar surface area (TPSA) is 110 Å². The molecule has 0 bridgehead atoms. The van der Waals surface area contributed by atoms with Gasteiger partial charge in [-0.15, -0.1) is 0 Å². The zero-order valence-corrected chi connectivity index (χ0v) is 8.95. The normalized spacial score (nSPS) is 16.1. The number of carbonyl (C=O) groups is 3. The maximum Gasteiger partial charge on any atom is 0.336 e. The summed E-state index contributed by atoms with van der Waals surface area (Å²) in [6, 6.07) is 0. The molecule has 0 saturated heterocycles. The Hall–Kier alpha value is -1.47. The molecule has 2 N–H and O–H groups in total. The van der Waals surface area contributed by atoms with Crippen molar-refractivity contribution in [3.63, 3.8) is 0 Å². The Morgan fingerprint density at radius 2 is 1.88 bits per heavy atom. The fourth-order valence-corrected chi connectivity index (χ4v) is 1.03. The number of ether oxygens (including phenoxy) is 2. The van der Waals surface area contributed by atoms with Gasteiger partial charge in [-0.05, 0) is 6.42 Å². The van der Waals surface area contributed by atoms with Crippen molar-refractivity contribution in [3.05, 3.63) is 0 Å². The van der Waals surface area contributed by atoms with Crippen molar-refractivity contribution in [3.8, 4) is 0 Å². The molecular formula is C9H14O7. The van der Waals surface area contributed by atoms with E-state index >= 15 is 0 Å². The lowest BCUT2D eigenvalue weighted by atomic mass is 10.2. The van der Waals surface area contributed by atoms with Crippen LogP contribution in [-0.2, 0) is 23.9 Å². The van der Waals surface area contributed by atoms with Crippen LogP contribution in [0.2, 0.25) is 0 Å². The number of aliphatic carboxylic acids is 2. The van der Waals surface area contributed by atoms with Crippen LogP contribution in [0.4, 0.5) is 0 Å². The van der Waals surface area contributed by atoms with Crippen molar-refractivity contribution in [2.75, 3.05) is 7.11 Å². The molecule has 0 aromatic rings. The molecule has 0 aliphatic rings. The van der Waals surface area contributed by atoms with Gasteiger partial charge in [0.25, 0.3) is 0 Å². The standard InChI is InChI=1S/C9H14O7/c1-3-5(8(11)12)16-7(9(13)14)6(4-10)15-2/h4-7H,3H2,1-2H3,(H,11,12)(H,13,14). The second-order valence-electron chi connectivity index (χ2n) is 2.97. The van der Waals surface area contributed by atoms with E-state index < -0.39 is 30.3 Å². The summed E-state index contributed by atoms with van der Waals surface area (Å²) in [5, 5.41) is 17.5. The highest BCUT2D eigenvalue weighted by molar-refractivity contribution is 5.79. The van der Waals surface area contributed by atoms with Gasteiger partial charge in [0, 0.05) is 7.11 Å². The lowest BCUT2D eigenvalue weighted by molar-refractivity contribution is -0.176. The Morgan fingerprint density at radius 3 is 2.12 bits per heavy atom. The second-order valence-corrected chi connectivity index (χ2v) is 2.97. The average molecular weight is 234 g/mol. The van der Waals surface area contributed by atoms with Gasteiger partial charge in [0.2, 0.25) is 0 Å². The van der Waals surface area contributed by atoms with Crippen molar-refractivity contribution < 1.29 is 34.1 Å². The van der Waals surface area contributed by atoms with Crippen molar-refractivity contribution in [1.82, 2.24) is 0 Å². The molecule has 0 aromatic heterocycles. The highest BCUT2D eigenvalue weighted by Crippen LogP contribution is 2.09. The molecule has 0 rings (SSSR count). The molecule has 0 radical (unpaired) electrons. The molecule has 0 aliphatic carbocycles. The van der Waals surface area contributed by atoms with Gasteiger partial charge in [0.15, 0.2) is 18.5 Å². The quantitative estimate of drug-likeness (QED) is 0.546. The summed E-state index contributed by atoms with van der Waals surface area (Å²) in [5.41, 5.74) is 0. The number of rotatable bonds is 8. The van der Waals surface area contributed by atoms with Crippen LogP contribution in [0.1, 0.15) is 13.3 Å². The molecule has 7 heteroatoms. The highest BCUT2D eigenvalue weighted by atomic mass is 16.6. The largest absolute Gasteiger partial charge is 0.479 e. The molecule has 0 amide bonds. The second kappa shape index (κ2) is 6.91. The fourth-order valence-electron chi connectivity index (χ4n) is 1.03. The number of aldehydes is 1. The van der Waals surface area contributed by atoms with E-state index in [-0.39, 0.29) is 12.7 Å². The lowest BCUT2D eigenvalue weighted by Gasteiger charge is -2.21. The maximum absolute atomic E-state index is 10.8. The molecule has 0 aromatic carbocycles. The molecule has 3 atom stereocenters. The summed E-state index contributed by atoms with van der Waals surface area (Å²) in [4.78, 5) is 31.9. The van der Waals surface area contributed by atoms with Crippen LogP contribution >= 0.6 is 0 Å². The third-order valence-corrected chi connectivity index (χ3v) is 1.91. The van der Waals surface area contributed by atoms with Gasteiger partial charge in [-0.25, -0.2) is 9.59 Å². The molecular weight excluding hydrogens is 220 g/mol. The van der Waals surface area contributed by atoms with Gasteiger partial charge in [-0.3, -0.25) is 0 Å². The minimum atomic E-state index is -1.62. The van der Waals surface area contributed by atoms with Gasteiger partial charge in [0.05, 0.1) is 0 Å². The molecule has 16 heavy (non-hydrogen) atoms. The number of methoxy groups -OCH3 is 1. The van der Waals surface area contributed by atoms with Crippen LogP contribution in [0.5, 0.6) is 0 Å². The first-order valence-corrected chi connectivity index (χ1v) is 4.57. The van der Waals surface area contributed by atoms with Gasteiger partial charge in [-0.1, -0.05) is 6.92 Å². The van der Waals surface area contributed by atoms with E-state index in [1.807, 2.05) is 0 Å². The number of hydrogen-bond acceptors (Lipinski definition) is 5. The first kappa shape index (κ1) is 14.5. The lowest BCUT2D eigenvalue weighted by Crippen LogP contribution is -2.43. The van der Waals surface area contributed by atoms with Crippen LogP contribution in [0.15, 0.2) is 0 Å². The monoisotopic (exact) mass is 234 g/mol. The fraction of sp³-hybridized carbons (Fsp3) is 0.667. The minimum absolute atomic E-state index is 0.0917. The van der Waals surface area contributed by atoms with Gasteiger partial charge in [0.1, 0.15) is 6.10 Å². The summed E-state index contributed by atoms with van der Waals surface area (Å²) < 4.78 is 9.39. The molecule has 0 aliphatic heterocycles. The van der Waals surface area contributed by atoms with Crippen molar-refractivity contribution in [2.45, 2.75) is 31.7 Å². The highest BCUT2D eigenvalue weighted by Gasteiger charge is 2.33. The number of carbonyl (C=O) groups excluding carboxylic acids is 1. The Balaban J connectivity index is 4.72. The Morgan fingerprint density at radius 1 is 1.31 bits per heavy atom. The summed E-state index contributed by atoms with van der Waals surface area (Å²) in [7, 11) is 1.14. The van der Waals surface area contributed by atoms with Gasteiger partial charge in [-0.2, -0.15) is 0 Å². The Bertz CT molecular complexity index is 263. The molecule has 0 saturated carbocycles. The van der Waals surface area contributed by atoms with Crippen LogP contribution in [0.25, 0.3) is 0 Å². The van der Waals surface area contributed by atoms with Gasteiger partial charge < -0.3 is 24.5 Å². The third kappa shape index (κ3) is 3.95. The Labute approximate surface area is 92.0 Å². The van der Waals surface area contributed by atoms with E-state index in [0.29, 0.717) is 0 Å². The van der Waals surface area contributed by atoms with E-state index in [4.69, 9.17) is 14.9 Å². The molecule has 92 valence electrons. The van der Waals surface area contributed by atoms with Crippen LogP contribution < -0.4 is 0 Å². The number of carboxylic acids is 2. The third-order valence-electron chi connectivity index (χ3n) is 1.91. The van der Waals surface area contributed by atoms with Crippen molar-refractivity contribution >= 4 is 18.2 Å². The predicted octanol–water partition coefficient (Wildman–Crippen LogP) is -0.467. The van der Waals surface area contributed by atoms with Crippen molar-refractivity contribution in [1.29, 1.82) is 0 Å². The minimum Gasteiger partial charge on any atom is -0.479 e. The molecule has 3 unspecified atom stereocenters. The summed E-state index contributed by atoms with van der Waals surface area (Å²) in [6.07, 6.45) is -3.88. The van der Waals surface area contributed by atoms with Gasteiger partial charge >= 0.3 is 11.9 Å². The van der Waals surface area contributed by atoms with E-state index in [1.165, 1.54) is 6.92 Å². The van der Waals surface area contributed by atoms with Crippen LogP contribution in [-0.4, -0.2) is 53.9 Å². The maximum atomic E-state index is 10.8. The van der Waals surface area contributed by atoms with Crippen LogP contribution in [0, 0.1) is 0 Å². The smallest absolute Gasteiger partial charge is 0.336 e. The van der Waals surface area contributed by atoms with Crippen molar-refractivity contribution in [2.24, 2.45) is 0 Å². The number of carboxylic acid groups (broad SMARTS) is 2. The predicted molar refractivity (Wildman–Crippen MR) is 51.1 cm³/mol. The molecule has 0 spiro atoms. The summed E-state index contributed by atoms with van der Waals surface area (Å²) >= 11 is 0. The zero-order chi connectivity index (χ0) is 12.7. The first-order valence-electron chi connectivity index (χ1n) is 4.57. The number of hydrogen-bond donors (Lipinski definition) is 2. The molecule has 0 heterocycles. The molecule has 0 fully saturated rings. The molecule has 7 nitrogen and oxygen atoms in total. The zero-order valence-electron chi connectivity index (χ0n) is 8.95. The SMILES string of the molecule is CCC(OC(C(=O)O)C(C=O)OC)C(=O)O. The van der Waals surface area contributed by atoms with E-state index in [9.17, 15) is 14.4 Å². The summed E-state index contributed by atoms with van der Waals surface area (Å²) in [5.74, 6) is -2.73.